The second kappa shape index (κ2) is 9.76. The van der Waals surface area contributed by atoms with Crippen molar-refractivity contribution in [2.24, 2.45) is 21.5 Å². The highest BCUT2D eigenvalue weighted by Gasteiger charge is 2.30. The van der Waals surface area contributed by atoms with E-state index in [0.717, 1.165) is 48.5 Å². The normalized spacial score (nSPS) is 12.8. The number of aliphatic imine (C=N–C) groups is 2. The fraction of sp³-hybridized carbons (Fsp3) is 0.118. The predicted octanol–water partition coefficient (Wildman–Crippen LogP) is 3.48. The maximum absolute atomic E-state index is 12.5. The van der Waals surface area contributed by atoms with Crippen LogP contribution < -0.4 is 22.4 Å². The van der Waals surface area contributed by atoms with E-state index >= 15 is 0 Å². The number of nitrogens with zero attached hydrogens (tertiary/aromatic N) is 2. The van der Waals surface area contributed by atoms with E-state index in [1.807, 2.05) is 11.0 Å². The standard InChI is InChI=1S/C17H14F6N6O3/c18-16(19,20)9-1-5-11(6-2-9)26-13(24)28-31-15(30)32-29-14(25)27-12-7-3-10(4-8-12)17(21,22)23/h1-8H,(H3,24,26,28)(H3,25,27,29). The van der Waals surface area contributed by atoms with Crippen molar-refractivity contribution in [3.63, 3.8) is 0 Å². The van der Waals surface area contributed by atoms with E-state index in [0.29, 0.717) is 0 Å². The first-order chi connectivity index (χ1) is 14.8. The minimum absolute atomic E-state index is 0.0333. The SMILES string of the molecule is NC(=Nc1ccc(C(F)(F)F)cc1)NOC(=O)ONC(N)=Nc1ccc(C(F)(F)F)cc1. The van der Waals surface area contributed by atoms with Crippen molar-refractivity contribution < 1.29 is 40.8 Å². The van der Waals surface area contributed by atoms with Crippen LogP contribution in [-0.4, -0.2) is 18.1 Å². The first-order valence-corrected chi connectivity index (χ1v) is 8.27. The molecule has 0 aliphatic carbocycles. The summed E-state index contributed by atoms with van der Waals surface area (Å²) in [5, 5.41) is 0. The Morgan fingerprint density at radius 3 is 1.28 bits per heavy atom. The molecule has 2 aromatic carbocycles. The lowest BCUT2D eigenvalue weighted by atomic mass is 10.2. The summed E-state index contributed by atoms with van der Waals surface area (Å²) in [4.78, 5) is 27.5. The number of nitrogens with one attached hydrogen (secondary N) is 2. The fourth-order valence-electron chi connectivity index (χ4n) is 1.98. The number of benzene rings is 2. The minimum atomic E-state index is -4.51. The molecule has 0 atom stereocenters. The molecular formula is C17H14F6N6O3. The topological polar surface area (TPSA) is 136 Å². The highest BCUT2D eigenvalue weighted by molar-refractivity contribution is 5.82. The second-order valence-electron chi connectivity index (χ2n) is 5.74. The Labute approximate surface area is 175 Å². The van der Waals surface area contributed by atoms with E-state index in [9.17, 15) is 31.1 Å². The highest BCUT2D eigenvalue weighted by atomic mass is 19.4. The molecule has 0 unspecified atom stereocenters. The zero-order chi connectivity index (χ0) is 23.9. The number of hydrogen-bond acceptors (Lipinski definition) is 5. The van der Waals surface area contributed by atoms with Crippen molar-refractivity contribution in [2.75, 3.05) is 0 Å². The van der Waals surface area contributed by atoms with Crippen LogP contribution in [0.2, 0.25) is 0 Å². The summed E-state index contributed by atoms with van der Waals surface area (Å²) in [5.41, 5.74) is 12.9. The lowest BCUT2D eigenvalue weighted by Gasteiger charge is -2.08. The molecule has 0 aliphatic rings. The third-order valence-corrected chi connectivity index (χ3v) is 3.37. The Bertz CT molecular complexity index is 908. The van der Waals surface area contributed by atoms with Crippen LogP contribution in [0.3, 0.4) is 0 Å². The van der Waals surface area contributed by atoms with Gasteiger partial charge in [0.2, 0.25) is 11.9 Å². The number of carbonyl (C=O) groups excluding carboxylic acids is 1. The molecule has 2 rings (SSSR count). The van der Waals surface area contributed by atoms with Gasteiger partial charge in [0, 0.05) is 0 Å². The number of rotatable bonds is 2. The molecule has 0 fully saturated rings. The molecule has 9 nitrogen and oxygen atoms in total. The van der Waals surface area contributed by atoms with Crippen molar-refractivity contribution in [2.45, 2.75) is 12.4 Å². The van der Waals surface area contributed by atoms with Gasteiger partial charge in [0.1, 0.15) is 0 Å². The summed E-state index contributed by atoms with van der Waals surface area (Å²) in [6.45, 7) is 0. The highest BCUT2D eigenvalue weighted by Crippen LogP contribution is 2.31. The summed E-state index contributed by atoms with van der Waals surface area (Å²) in [7, 11) is 0. The van der Waals surface area contributed by atoms with Gasteiger partial charge < -0.3 is 21.1 Å². The third-order valence-electron chi connectivity index (χ3n) is 3.37. The molecule has 15 heteroatoms. The number of hydrogen-bond donors (Lipinski definition) is 4. The third kappa shape index (κ3) is 7.58. The molecule has 0 heterocycles. The van der Waals surface area contributed by atoms with Crippen LogP contribution >= 0.6 is 0 Å². The first-order valence-electron chi connectivity index (χ1n) is 8.27. The Morgan fingerprint density at radius 2 is 1.00 bits per heavy atom. The van der Waals surface area contributed by atoms with Crippen LogP contribution in [-0.2, 0) is 22.0 Å². The van der Waals surface area contributed by atoms with Crippen molar-refractivity contribution in [3.8, 4) is 0 Å². The second-order valence-corrected chi connectivity index (χ2v) is 5.74. The largest absolute Gasteiger partial charge is 0.558 e. The maximum Gasteiger partial charge on any atom is 0.558 e. The van der Waals surface area contributed by atoms with Gasteiger partial charge in [-0.05, 0) is 48.5 Å². The van der Waals surface area contributed by atoms with E-state index in [-0.39, 0.29) is 11.4 Å². The van der Waals surface area contributed by atoms with E-state index in [2.05, 4.69) is 19.7 Å². The molecule has 0 amide bonds. The molecule has 0 aliphatic heterocycles. The Morgan fingerprint density at radius 1 is 0.688 bits per heavy atom. The molecule has 172 valence electrons. The van der Waals surface area contributed by atoms with Gasteiger partial charge in [-0.1, -0.05) is 0 Å². The molecule has 6 N–H and O–H groups in total. The number of hydroxylamine groups is 2. The molecule has 0 aromatic heterocycles. The number of carbonyl (C=O) groups is 1. The van der Waals surface area contributed by atoms with Gasteiger partial charge in [-0.25, -0.2) is 9.98 Å². The van der Waals surface area contributed by atoms with Crippen molar-refractivity contribution >= 4 is 29.4 Å². The van der Waals surface area contributed by atoms with Gasteiger partial charge in [-0.3, -0.25) is 0 Å². The number of halogens is 6. The summed E-state index contributed by atoms with van der Waals surface area (Å²) < 4.78 is 75.0. The van der Waals surface area contributed by atoms with E-state index in [4.69, 9.17) is 11.5 Å². The zero-order valence-corrected chi connectivity index (χ0v) is 15.7. The van der Waals surface area contributed by atoms with Crippen LogP contribution in [0.25, 0.3) is 0 Å². The van der Waals surface area contributed by atoms with Crippen molar-refractivity contribution in [1.29, 1.82) is 0 Å². The Hall–Kier alpha value is -4.17. The molecule has 0 saturated carbocycles. The van der Waals surface area contributed by atoms with Gasteiger partial charge in [0.05, 0.1) is 22.5 Å². The Balaban J connectivity index is 1.82. The predicted molar refractivity (Wildman–Crippen MR) is 99.3 cm³/mol. The maximum atomic E-state index is 12.5. The number of alkyl halides is 6. The van der Waals surface area contributed by atoms with Crippen LogP contribution in [0.5, 0.6) is 0 Å². The monoisotopic (exact) mass is 464 g/mol. The van der Waals surface area contributed by atoms with Gasteiger partial charge in [-0.2, -0.15) is 42.1 Å². The van der Waals surface area contributed by atoms with Gasteiger partial charge in [0.25, 0.3) is 0 Å². The average molecular weight is 464 g/mol. The molecule has 32 heavy (non-hydrogen) atoms. The van der Waals surface area contributed by atoms with E-state index in [1.165, 1.54) is 0 Å². The minimum Gasteiger partial charge on any atom is -0.367 e. The van der Waals surface area contributed by atoms with E-state index < -0.39 is 41.6 Å². The van der Waals surface area contributed by atoms with E-state index in [1.54, 1.807) is 0 Å². The summed E-state index contributed by atoms with van der Waals surface area (Å²) in [5.74, 6) is -0.985. The molecule has 0 bridgehead atoms. The summed E-state index contributed by atoms with van der Waals surface area (Å²) in [6.07, 6.45) is -10.4. The van der Waals surface area contributed by atoms with Crippen LogP contribution in [0.4, 0.5) is 42.5 Å². The fourth-order valence-corrected chi connectivity index (χ4v) is 1.98. The number of guanidine groups is 2. The van der Waals surface area contributed by atoms with Crippen molar-refractivity contribution in [1.82, 2.24) is 11.0 Å². The average Bonchev–Trinajstić information content (AvgIpc) is 2.70. The summed E-state index contributed by atoms with van der Waals surface area (Å²) >= 11 is 0. The van der Waals surface area contributed by atoms with Crippen LogP contribution in [0.1, 0.15) is 11.1 Å². The van der Waals surface area contributed by atoms with Gasteiger partial charge in [-0.15, -0.1) is 0 Å². The molecule has 2 aromatic rings. The lowest BCUT2D eigenvalue weighted by Crippen LogP contribution is -2.38. The Kier molecular flexibility index (Phi) is 7.35. The van der Waals surface area contributed by atoms with Gasteiger partial charge in [0.15, 0.2) is 0 Å². The number of nitrogens with two attached hydrogens (primary N) is 2. The quantitative estimate of drug-likeness (QED) is 0.231. The molecule has 0 saturated heterocycles. The zero-order valence-electron chi connectivity index (χ0n) is 15.7. The molecular weight excluding hydrogens is 450 g/mol. The van der Waals surface area contributed by atoms with Gasteiger partial charge >= 0.3 is 18.5 Å². The smallest absolute Gasteiger partial charge is 0.367 e. The van der Waals surface area contributed by atoms with Crippen molar-refractivity contribution in [3.05, 3.63) is 59.7 Å². The lowest BCUT2D eigenvalue weighted by molar-refractivity contribution is -0.138. The molecule has 0 radical (unpaired) electrons. The van der Waals surface area contributed by atoms with Crippen LogP contribution in [0, 0.1) is 0 Å². The first kappa shape index (κ1) is 24.1. The summed E-state index contributed by atoms with van der Waals surface area (Å²) in [6, 6.07) is 7.28. The van der Waals surface area contributed by atoms with Crippen LogP contribution in [0.15, 0.2) is 58.5 Å². The molecule has 0 spiro atoms.